The third kappa shape index (κ3) is 1.80. The highest BCUT2D eigenvalue weighted by Gasteiger charge is 2.35. The van der Waals surface area contributed by atoms with Gasteiger partial charge in [0.15, 0.2) is 0 Å². The lowest BCUT2D eigenvalue weighted by atomic mass is 10.1. The number of nitrogens with one attached hydrogen (secondary N) is 2. The molecule has 1 saturated heterocycles. The van der Waals surface area contributed by atoms with Gasteiger partial charge in [0.1, 0.15) is 0 Å². The van der Waals surface area contributed by atoms with Crippen molar-refractivity contribution in [3.8, 4) is 0 Å². The number of hydrogen-bond acceptors (Lipinski definition) is 2. The van der Waals surface area contributed by atoms with E-state index in [0.717, 1.165) is 18.0 Å². The average Bonchev–Trinajstić information content (AvgIpc) is 2.58. The summed E-state index contributed by atoms with van der Waals surface area (Å²) in [6.07, 6.45) is 4.10. The third-order valence-electron chi connectivity index (χ3n) is 3.29. The second kappa shape index (κ2) is 3.35. The average molecular weight is 168 g/mol. The lowest BCUT2D eigenvalue weighted by Gasteiger charge is -2.20. The molecule has 2 N–H and O–H groups in total. The standard InChI is InChI=1S/C10H20N2/c1-7-6-10(7)12-8(2)9-4-3-5-11-9/h7-12H,3-6H2,1-2H3. The zero-order valence-electron chi connectivity index (χ0n) is 8.14. The van der Waals surface area contributed by atoms with Crippen LogP contribution in [0.25, 0.3) is 0 Å². The fourth-order valence-electron chi connectivity index (χ4n) is 2.15. The van der Waals surface area contributed by atoms with Gasteiger partial charge >= 0.3 is 0 Å². The highest BCUT2D eigenvalue weighted by molar-refractivity contribution is 4.94. The Morgan fingerprint density at radius 3 is 2.75 bits per heavy atom. The van der Waals surface area contributed by atoms with Crippen LogP contribution in [0.2, 0.25) is 0 Å². The van der Waals surface area contributed by atoms with Crippen molar-refractivity contribution in [2.45, 2.75) is 51.2 Å². The van der Waals surface area contributed by atoms with Crippen LogP contribution in [-0.2, 0) is 0 Å². The van der Waals surface area contributed by atoms with Crippen LogP contribution in [0.4, 0.5) is 0 Å². The van der Waals surface area contributed by atoms with Gasteiger partial charge in [0.05, 0.1) is 0 Å². The van der Waals surface area contributed by atoms with E-state index in [0.29, 0.717) is 6.04 Å². The predicted molar refractivity (Wildman–Crippen MR) is 51.2 cm³/mol. The highest BCUT2D eigenvalue weighted by Crippen LogP contribution is 2.30. The second-order valence-corrected chi connectivity index (χ2v) is 4.48. The molecule has 0 spiro atoms. The molecule has 1 saturated carbocycles. The molecule has 2 rings (SSSR count). The fraction of sp³-hybridized carbons (Fsp3) is 1.00. The molecular formula is C10H20N2. The monoisotopic (exact) mass is 168 g/mol. The van der Waals surface area contributed by atoms with Gasteiger partial charge in [-0.25, -0.2) is 0 Å². The van der Waals surface area contributed by atoms with Crippen molar-refractivity contribution in [1.82, 2.24) is 10.6 Å². The molecule has 1 heterocycles. The van der Waals surface area contributed by atoms with Crippen molar-refractivity contribution >= 4 is 0 Å². The Morgan fingerprint density at radius 2 is 2.25 bits per heavy atom. The molecule has 1 aliphatic heterocycles. The number of hydrogen-bond donors (Lipinski definition) is 2. The lowest BCUT2D eigenvalue weighted by molar-refractivity contribution is 0.418. The Kier molecular flexibility index (Phi) is 2.37. The minimum absolute atomic E-state index is 0.669. The van der Waals surface area contributed by atoms with Crippen LogP contribution >= 0.6 is 0 Å². The molecule has 0 amide bonds. The van der Waals surface area contributed by atoms with Crippen LogP contribution in [-0.4, -0.2) is 24.7 Å². The molecule has 1 aliphatic carbocycles. The third-order valence-corrected chi connectivity index (χ3v) is 3.29. The first-order chi connectivity index (χ1) is 5.77. The topological polar surface area (TPSA) is 24.1 Å². The van der Waals surface area contributed by atoms with Gasteiger partial charge < -0.3 is 10.6 Å². The van der Waals surface area contributed by atoms with Gasteiger partial charge in [0.2, 0.25) is 0 Å². The summed E-state index contributed by atoms with van der Waals surface area (Å²) in [5.41, 5.74) is 0. The maximum absolute atomic E-state index is 3.68. The molecule has 4 unspecified atom stereocenters. The van der Waals surface area contributed by atoms with E-state index in [1.165, 1.54) is 25.8 Å². The first-order valence-electron chi connectivity index (χ1n) is 5.27. The van der Waals surface area contributed by atoms with Gasteiger partial charge in [-0.15, -0.1) is 0 Å². The smallest absolute Gasteiger partial charge is 0.0219 e. The predicted octanol–water partition coefficient (Wildman–Crippen LogP) is 1.12. The van der Waals surface area contributed by atoms with Gasteiger partial charge in [0.25, 0.3) is 0 Å². The minimum Gasteiger partial charge on any atom is -0.312 e. The van der Waals surface area contributed by atoms with Crippen molar-refractivity contribution in [3.05, 3.63) is 0 Å². The zero-order valence-corrected chi connectivity index (χ0v) is 8.14. The van der Waals surface area contributed by atoms with Crippen LogP contribution in [0.5, 0.6) is 0 Å². The van der Waals surface area contributed by atoms with E-state index in [1.807, 2.05) is 0 Å². The van der Waals surface area contributed by atoms with E-state index in [2.05, 4.69) is 24.5 Å². The van der Waals surface area contributed by atoms with Crippen molar-refractivity contribution < 1.29 is 0 Å². The van der Waals surface area contributed by atoms with Crippen LogP contribution < -0.4 is 10.6 Å². The van der Waals surface area contributed by atoms with E-state index >= 15 is 0 Å². The summed E-state index contributed by atoms with van der Waals surface area (Å²) in [5.74, 6) is 0.925. The normalized spacial score (nSPS) is 43.0. The van der Waals surface area contributed by atoms with E-state index in [1.54, 1.807) is 0 Å². The molecule has 0 aromatic rings. The quantitative estimate of drug-likeness (QED) is 0.660. The van der Waals surface area contributed by atoms with Crippen LogP contribution in [0, 0.1) is 5.92 Å². The molecule has 2 fully saturated rings. The van der Waals surface area contributed by atoms with Crippen molar-refractivity contribution in [1.29, 1.82) is 0 Å². The molecule has 0 aromatic carbocycles. The van der Waals surface area contributed by atoms with Gasteiger partial charge in [-0.05, 0) is 38.6 Å². The van der Waals surface area contributed by atoms with E-state index in [-0.39, 0.29) is 0 Å². The summed E-state index contributed by atoms with van der Waals surface area (Å²) >= 11 is 0. The first-order valence-corrected chi connectivity index (χ1v) is 5.27. The second-order valence-electron chi connectivity index (χ2n) is 4.48. The minimum atomic E-state index is 0.669. The molecule has 2 heteroatoms. The van der Waals surface area contributed by atoms with E-state index in [9.17, 15) is 0 Å². The molecule has 2 nitrogen and oxygen atoms in total. The van der Waals surface area contributed by atoms with Crippen LogP contribution in [0.15, 0.2) is 0 Å². The molecule has 0 radical (unpaired) electrons. The summed E-state index contributed by atoms with van der Waals surface area (Å²) < 4.78 is 0. The van der Waals surface area contributed by atoms with E-state index < -0.39 is 0 Å². The highest BCUT2D eigenvalue weighted by atomic mass is 15.1. The Balaban J connectivity index is 1.72. The van der Waals surface area contributed by atoms with Crippen LogP contribution in [0.1, 0.15) is 33.1 Å². The summed E-state index contributed by atoms with van der Waals surface area (Å²) in [5, 5.41) is 7.22. The Bertz CT molecular complexity index is 152. The summed E-state index contributed by atoms with van der Waals surface area (Å²) in [4.78, 5) is 0. The molecule has 0 aromatic heterocycles. The summed E-state index contributed by atoms with van der Waals surface area (Å²) in [6, 6.07) is 2.22. The number of rotatable bonds is 3. The zero-order chi connectivity index (χ0) is 8.55. The molecule has 0 bridgehead atoms. The van der Waals surface area contributed by atoms with Crippen molar-refractivity contribution in [3.63, 3.8) is 0 Å². The first kappa shape index (κ1) is 8.52. The fourth-order valence-corrected chi connectivity index (χ4v) is 2.15. The van der Waals surface area contributed by atoms with Crippen molar-refractivity contribution in [2.24, 2.45) is 5.92 Å². The van der Waals surface area contributed by atoms with Gasteiger partial charge in [-0.2, -0.15) is 0 Å². The summed E-state index contributed by atoms with van der Waals surface area (Å²) in [7, 11) is 0. The molecule has 2 aliphatic rings. The molecule has 70 valence electrons. The molecular weight excluding hydrogens is 148 g/mol. The van der Waals surface area contributed by atoms with Gasteiger partial charge in [0, 0.05) is 18.1 Å². The molecule has 4 atom stereocenters. The maximum atomic E-state index is 3.68. The summed E-state index contributed by atoms with van der Waals surface area (Å²) in [6.45, 7) is 5.86. The Morgan fingerprint density at radius 1 is 1.50 bits per heavy atom. The van der Waals surface area contributed by atoms with Crippen LogP contribution in [0.3, 0.4) is 0 Å². The van der Waals surface area contributed by atoms with E-state index in [4.69, 9.17) is 0 Å². The lowest BCUT2D eigenvalue weighted by Crippen LogP contribution is -2.44. The van der Waals surface area contributed by atoms with Gasteiger partial charge in [-0.1, -0.05) is 6.92 Å². The SMILES string of the molecule is CC1CC1NC(C)C1CCCN1. The largest absolute Gasteiger partial charge is 0.312 e. The Labute approximate surface area is 75.1 Å². The maximum Gasteiger partial charge on any atom is 0.0219 e. The Hall–Kier alpha value is -0.0800. The van der Waals surface area contributed by atoms with Gasteiger partial charge in [-0.3, -0.25) is 0 Å². The van der Waals surface area contributed by atoms with Crippen molar-refractivity contribution in [2.75, 3.05) is 6.54 Å². The molecule has 12 heavy (non-hydrogen) atoms.